The Labute approximate surface area is 112 Å². The van der Waals surface area contributed by atoms with Gasteiger partial charge in [0.1, 0.15) is 6.10 Å². The van der Waals surface area contributed by atoms with Gasteiger partial charge in [0.05, 0.1) is 17.8 Å². The van der Waals surface area contributed by atoms with E-state index in [1.54, 1.807) is 0 Å². The normalized spacial score (nSPS) is 41.6. The number of hydrogen-bond donors (Lipinski definition) is 2. The number of carbonyl (C=O) groups excluding carboxylic acids is 1. The Balaban J connectivity index is 2.12. The van der Waals surface area contributed by atoms with Crippen LogP contribution in [0.4, 0.5) is 0 Å². The number of ether oxygens (including phenoxy) is 1. The molecule has 3 atom stereocenters. The zero-order valence-corrected chi connectivity index (χ0v) is 11.4. The largest absolute Gasteiger partial charge is 0.454 e. The van der Waals surface area contributed by atoms with Gasteiger partial charge in [0.2, 0.25) is 0 Å². The highest BCUT2D eigenvalue weighted by atomic mass is 16.5. The van der Waals surface area contributed by atoms with E-state index in [1.807, 2.05) is 13.0 Å². The minimum atomic E-state index is -0.822. The Hall–Kier alpha value is -1.13. The molecule has 0 aromatic rings. The van der Waals surface area contributed by atoms with Crippen molar-refractivity contribution >= 4 is 5.97 Å². The van der Waals surface area contributed by atoms with Crippen molar-refractivity contribution in [2.75, 3.05) is 6.61 Å². The average Bonchev–Trinajstić information content (AvgIpc) is 2.60. The van der Waals surface area contributed by atoms with Crippen LogP contribution in [-0.4, -0.2) is 34.5 Å². The van der Waals surface area contributed by atoms with E-state index in [1.165, 1.54) is 0 Å². The molecule has 0 radical (unpaired) electrons. The summed E-state index contributed by atoms with van der Waals surface area (Å²) in [6.07, 6.45) is 5.09. The van der Waals surface area contributed by atoms with Crippen LogP contribution in [0.5, 0.6) is 0 Å². The first-order chi connectivity index (χ1) is 8.87. The molecule has 2 aliphatic carbocycles. The molecule has 0 bridgehead atoms. The van der Waals surface area contributed by atoms with Crippen LogP contribution in [0.15, 0.2) is 22.8 Å². The van der Waals surface area contributed by atoms with Crippen LogP contribution >= 0.6 is 0 Å². The standard InChI is InChI=1S/C15H20O4/c1-14-4-3-5-15(2,18)12(14)6-9-10(8-16)13(17)19-11(9)7-14/h6,11,16,18H,3-5,7-8H2,1-2H3/t11-,14+,15+/m0/s1. The van der Waals surface area contributed by atoms with Crippen LogP contribution < -0.4 is 0 Å². The molecule has 4 nitrogen and oxygen atoms in total. The van der Waals surface area contributed by atoms with Crippen molar-refractivity contribution in [3.05, 3.63) is 22.8 Å². The first-order valence-corrected chi connectivity index (χ1v) is 6.87. The topological polar surface area (TPSA) is 66.8 Å². The maximum absolute atomic E-state index is 11.7. The van der Waals surface area contributed by atoms with Crippen molar-refractivity contribution in [2.45, 2.75) is 51.2 Å². The molecule has 1 saturated carbocycles. The Morgan fingerprint density at radius 2 is 2.16 bits per heavy atom. The summed E-state index contributed by atoms with van der Waals surface area (Å²) in [6, 6.07) is 0. The Bertz CT molecular complexity index is 500. The minimum Gasteiger partial charge on any atom is -0.454 e. The van der Waals surface area contributed by atoms with Gasteiger partial charge >= 0.3 is 5.97 Å². The van der Waals surface area contributed by atoms with Crippen molar-refractivity contribution in [1.29, 1.82) is 0 Å². The van der Waals surface area contributed by atoms with Gasteiger partial charge in [-0.1, -0.05) is 13.0 Å². The van der Waals surface area contributed by atoms with Crippen LogP contribution in [0.2, 0.25) is 0 Å². The third-order valence-corrected chi connectivity index (χ3v) is 4.91. The summed E-state index contributed by atoms with van der Waals surface area (Å²) in [7, 11) is 0. The molecule has 0 unspecified atom stereocenters. The second kappa shape index (κ2) is 3.93. The summed E-state index contributed by atoms with van der Waals surface area (Å²) in [4.78, 5) is 11.7. The fourth-order valence-electron chi connectivity index (χ4n) is 3.91. The molecular formula is C15H20O4. The Kier molecular flexibility index (Phi) is 2.67. The first-order valence-electron chi connectivity index (χ1n) is 6.87. The van der Waals surface area contributed by atoms with Gasteiger partial charge in [-0.2, -0.15) is 0 Å². The van der Waals surface area contributed by atoms with Crippen molar-refractivity contribution in [3.63, 3.8) is 0 Å². The van der Waals surface area contributed by atoms with E-state index in [-0.39, 0.29) is 18.1 Å². The molecule has 1 fully saturated rings. The molecule has 1 aliphatic heterocycles. The molecule has 104 valence electrons. The number of rotatable bonds is 1. The molecule has 3 aliphatic rings. The van der Waals surface area contributed by atoms with Crippen molar-refractivity contribution in [3.8, 4) is 0 Å². The SMILES string of the molecule is C[C@]12CCC[C@@](C)(O)C1=CC1=C(CO)C(=O)O[C@H]1C2. The van der Waals surface area contributed by atoms with Crippen LogP contribution in [0, 0.1) is 5.41 Å². The fourth-order valence-corrected chi connectivity index (χ4v) is 3.91. The molecule has 0 aromatic heterocycles. The van der Waals surface area contributed by atoms with Crippen LogP contribution in [0.1, 0.15) is 39.5 Å². The number of hydrogen-bond acceptors (Lipinski definition) is 4. The van der Waals surface area contributed by atoms with Gasteiger partial charge in [0, 0.05) is 5.57 Å². The minimum absolute atomic E-state index is 0.110. The number of fused-ring (bicyclic) bond motifs is 2. The van der Waals surface area contributed by atoms with Gasteiger partial charge in [0.25, 0.3) is 0 Å². The van der Waals surface area contributed by atoms with Crippen molar-refractivity contribution in [2.24, 2.45) is 5.41 Å². The van der Waals surface area contributed by atoms with Gasteiger partial charge in [-0.15, -0.1) is 0 Å². The number of aliphatic hydroxyl groups is 2. The highest BCUT2D eigenvalue weighted by Gasteiger charge is 2.50. The molecule has 0 aromatic carbocycles. The van der Waals surface area contributed by atoms with Crippen LogP contribution in [0.3, 0.4) is 0 Å². The van der Waals surface area contributed by atoms with Gasteiger partial charge in [-0.3, -0.25) is 0 Å². The summed E-state index contributed by atoms with van der Waals surface area (Å²) in [5.74, 6) is -0.416. The summed E-state index contributed by atoms with van der Waals surface area (Å²) < 4.78 is 5.35. The summed E-state index contributed by atoms with van der Waals surface area (Å²) in [6.45, 7) is 3.68. The Morgan fingerprint density at radius 3 is 2.84 bits per heavy atom. The third kappa shape index (κ3) is 1.77. The van der Waals surface area contributed by atoms with E-state index in [9.17, 15) is 15.0 Å². The van der Waals surface area contributed by atoms with Gasteiger partial charge in [-0.05, 0) is 43.6 Å². The quantitative estimate of drug-likeness (QED) is 0.704. The van der Waals surface area contributed by atoms with E-state index >= 15 is 0 Å². The highest BCUT2D eigenvalue weighted by Crippen LogP contribution is 2.54. The maximum Gasteiger partial charge on any atom is 0.337 e. The predicted octanol–water partition coefficient (Wildman–Crippen LogP) is 1.47. The lowest BCUT2D eigenvalue weighted by atomic mass is 9.59. The van der Waals surface area contributed by atoms with Gasteiger partial charge in [0.15, 0.2) is 0 Å². The van der Waals surface area contributed by atoms with Crippen molar-refractivity contribution in [1.82, 2.24) is 0 Å². The van der Waals surface area contributed by atoms with E-state index in [0.717, 1.165) is 30.4 Å². The zero-order chi connectivity index (χ0) is 13.8. The summed E-state index contributed by atoms with van der Waals surface area (Å²) in [5.41, 5.74) is 1.17. The molecule has 0 amide bonds. The van der Waals surface area contributed by atoms with Crippen LogP contribution in [0.25, 0.3) is 0 Å². The van der Waals surface area contributed by atoms with E-state index in [2.05, 4.69) is 6.92 Å². The second-order valence-electron chi connectivity index (χ2n) is 6.44. The van der Waals surface area contributed by atoms with Gasteiger partial charge < -0.3 is 14.9 Å². The molecule has 2 N–H and O–H groups in total. The molecule has 0 saturated heterocycles. The molecule has 3 rings (SSSR count). The zero-order valence-electron chi connectivity index (χ0n) is 11.4. The highest BCUT2D eigenvalue weighted by molar-refractivity contribution is 5.93. The smallest absolute Gasteiger partial charge is 0.337 e. The summed E-state index contributed by atoms with van der Waals surface area (Å²) >= 11 is 0. The van der Waals surface area contributed by atoms with Gasteiger partial charge in [-0.25, -0.2) is 4.79 Å². The molecule has 4 heteroatoms. The van der Waals surface area contributed by atoms with E-state index in [4.69, 9.17) is 4.74 Å². The Morgan fingerprint density at radius 1 is 1.42 bits per heavy atom. The second-order valence-corrected chi connectivity index (χ2v) is 6.44. The maximum atomic E-state index is 11.7. The number of esters is 1. The summed E-state index contributed by atoms with van der Waals surface area (Å²) in [5, 5.41) is 19.9. The average molecular weight is 264 g/mol. The number of aliphatic hydroxyl groups excluding tert-OH is 1. The fraction of sp³-hybridized carbons (Fsp3) is 0.667. The molecule has 19 heavy (non-hydrogen) atoms. The lowest BCUT2D eigenvalue weighted by Crippen LogP contribution is -2.45. The van der Waals surface area contributed by atoms with E-state index < -0.39 is 11.6 Å². The van der Waals surface area contributed by atoms with E-state index in [0.29, 0.717) is 12.0 Å². The first kappa shape index (κ1) is 12.9. The van der Waals surface area contributed by atoms with Crippen LogP contribution in [-0.2, 0) is 9.53 Å². The lowest BCUT2D eigenvalue weighted by molar-refractivity contribution is -0.141. The monoisotopic (exact) mass is 264 g/mol. The third-order valence-electron chi connectivity index (χ3n) is 4.91. The predicted molar refractivity (Wildman–Crippen MR) is 69.3 cm³/mol. The molecular weight excluding hydrogens is 244 g/mol. The lowest BCUT2D eigenvalue weighted by Gasteiger charge is -2.48. The number of carbonyl (C=O) groups is 1. The molecule has 1 heterocycles. The molecule has 0 spiro atoms. The van der Waals surface area contributed by atoms with Crippen molar-refractivity contribution < 1.29 is 19.7 Å².